The number of nitrogens with one attached hydrogen (secondary N) is 1. The third-order valence-corrected chi connectivity index (χ3v) is 6.75. The summed E-state index contributed by atoms with van der Waals surface area (Å²) in [6.07, 6.45) is 7.02. The first-order valence-corrected chi connectivity index (χ1v) is 10.5. The molecule has 1 amide bonds. The maximum absolute atomic E-state index is 12.2. The Bertz CT molecular complexity index is 688. The predicted molar refractivity (Wildman–Crippen MR) is 94.0 cm³/mol. The van der Waals surface area contributed by atoms with Crippen molar-refractivity contribution in [2.75, 3.05) is 23.0 Å². The lowest BCUT2D eigenvalue weighted by atomic mass is 9.99. The Morgan fingerprint density at radius 1 is 1.33 bits per heavy atom. The Hall–Kier alpha value is -1.63. The third-order valence-electron chi connectivity index (χ3n) is 4.98. The van der Waals surface area contributed by atoms with Gasteiger partial charge in [0.2, 0.25) is 0 Å². The van der Waals surface area contributed by atoms with Crippen molar-refractivity contribution in [3.05, 3.63) is 24.0 Å². The summed E-state index contributed by atoms with van der Waals surface area (Å²) in [4.78, 5) is 18.9. The van der Waals surface area contributed by atoms with Crippen molar-refractivity contribution < 1.29 is 13.2 Å². The second kappa shape index (κ2) is 7.09. The van der Waals surface area contributed by atoms with Gasteiger partial charge in [-0.3, -0.25) is 4.79 Å². The lowest BCUT2D eigenvalue weighted by molar-refractivity contribution is 0.0936. The van der Waals surface area contributed by atoms with Gasteiger partial charge in [0.15, 0.2) is 9.84 Å². The number of piperidine rings is 1. The molecule has 0 saturated carbocycles. The first-order valence-electron chi connectivity index (χ1n) is 8.72. The highest BCUT2D eigenvalue weighted by Crippen LogP contribution is 2.26. The summed E-state index contributed by atoms with van der Waals surface area (Å²) in [7, 11) is -3.00. The van der Waals surface area contributed by atoms with Crippen LogP contribution in [0.1, 0.15) is 49.5 Å². The molecular formula is C17H25N3O3S. The average Bonchev–Trinajstić information content (AvgIpc) is 2.93. The standard InChI is InChI=1S/C17H25N3O3S/c1-2-14-5-3-4-9-20(14)15-6-7-16(18-11-15)17(21)19-13-8-10-24(22,23)12-13/h6-7,11,13-14H,2-5,8-10,12H2,1H3,(H,19,21). The van der Waals surface area contributed by atoms with Crippen LogP contribution < -0.4 is 10.2 Å². The van der Waals surface area contributed by atoms with E-state index in [-0.39, 0.29) is 23.5 Å². The number of carbonyl (C=O) groups is 1. The number of hydrogen-bond donors (Lipinski definition) is 1. The topological polar surface area (TPSA) is 79.4 Å². The molecule has 3 rings (SSSR count). The van der Waals surface area contributed by atoms with Crippen LogP contribution in [-0.4, -0.2) is 49.4 Å². The molecule has 0 radical (unpaired) electrons. The number of nitrogens with zero attached hydrogens (tertiary/aromatic N) is 2. The van der Waals surface area contributed by atoms with Gasteiger partial charge in [-0.05, 0) is 44.2 Å². The lowest BCUT2D eigenvalue weighted by Gasteiger charge is -2.37. The second-order valence-corrected chi connectivity index (χ2v) is 8.96. The molecule has 24 heavy (non-hydrogen) atoms. The Labute approximate surface area is 143 Å². The Morgan fingerprint density at radius 3 is 2.79 bits per heavy atom. The smallest absolute Gasteiger partial charge is 0.270 e. The van der Waals surface area contributed by atoms with E-state index in [9.17, 15) is 13.2 Å². The zero-order valence-electron chi connectivity index (χ0n) is 14.1. The van der Waals surface area contributed by atoms with Gasteiger partial charge in [0.05, 0.1) is 23.4 Å². The van der Waals surface area contributed by atoms with Gasteiger partial charge in [-0.15, -0.1) is 0 Å². The van der Waals surface area contributed by atoms with E-state index < -0.39 is 9.84 Å². The minimum atomic E-state index is -3.00. The third kappa shape index (κ3) is 3.88. The molecule has 2 aliphatic rings. The summed E-state index contributed by atoms with van der Waals surface area (Å²) < 4.78 is 22.9. The molecule has 132 valence electrons. The highest BCUT2D eigenvalue weighted by atomic mass is 32.2. The van der Waals surface area contributed by atoms with Crippen molar-refractivity contribution in [2.24, 2.45) is 0 Å². The van der Waals surface area contributed by atoms with Crippen LogP contribution in [-0.2, 0) is 9.84 Å². The molecule has 1 aromatic heterocycles. The van der Waals surface area contributed by atoms with Crippen LogP contribution in [0, 0.1) is 0 Å². The molecule has 7 heteroatoms. The lowest BCUT2D eigenvalue weighted by Crippen LogP contribution is -2.39. The van der Waals surface area contributed by atoms with Crippen LogP contribution in [0.3, 0.4) is 0 Å². The van der Waals surface area contributed by atoms with Crippen LogP contribution in [0.4, 0.5) is 5.69 Å². The minimum Gasteiger partial charge on any atom is -0.367 e. The summed E-state index contributed by atoms with van der Waals surface area (Å²) in [5.74, 6) is -0.116. The van der Waals surface area contributed by atoms with Gasteiger partial charge in [0.1, 0.15) is 5.69 Å². The highest BCUT2D eigenvalue weighted by molar-refractivity contribution is 7.91. The van der Waals surface area contributed by atoms with E-state index in [2.05, 4.69) is 22.1 Å². The Morgan fingerprint density at radius 2 is 2.17 bits per heavy atom. The molecule has 2 saturated heterocycles. The fourth-order valence-electron chi connectivity index (χ4n) is 3.62. The van der Waals surface area contributed by atoms with Crippen molar-refractivity contribution in [3.8, 4) is 0 Å². The van der Waals surface area contributed by atoms with Gasteiger partial charge >= 0.3 is 0 Å². The van der Waals surface area contributed by atoms with Crippen molar-refractivity contribution in [2.45, 2.75) is 51.1 Å². The van der Waals surface area contributed by atoms with Crippen molar-refractivity contribution in [1.82, 2.24) is 10.3 Å². The molecule has 2 fully saturated rings. The SMILES string of the molecule is CCC1CCCCN1c1ccc(C(=O)NC2CCS(=O)(=O)C2)nc1. The number of aromatic nitrogens is 1. The normalized spacial score (nSPS) is 26.3. The van der Waals surface area contributed by atoms with E-state index in [1.165, 1.54) is 19.3 Å². The van der Waals surface area contributed by atoms with Gasteiger partial charge in [0, 0.05) is 18.6 Å². The van der Waals surface area contributed by atoms with Crippen molar-refractivity contribution in [3.63, 3.8) is 0 Å². The van der Waals surface area contributed by atoms with Crippen LogP contribution in [0.5, 0.6) is 0 Å². The van der Waals surface area contributed by atoms with Crippen molar-refractivity contribution >= 4 is 21.4 Å². The van der Waals surface area contributed by atoms with E-state index in [1.807, 2.05) is 6.07 Å². The zero-order chi connectivity index (χ0) is 17.2. The van der Waals surface area contributed by atoms with Gasteiger partial charge in [-0.2, -0.15) is 0 Å². The summed E-state index contributed by atoms with van der Waals surface area (Å²) >= 11 is 0. The molecule has 0 aliphatic carbocycles. The second-order valence-electron chi connectivity index (χ2n) is 6.73. The molecule has 1 N–H and O–H groups in total. The van der Waals surface area contributed by atoms with E-state index >= 15 is 0 Å². The van der Waals surface area contributed by atoms with Crippen molar-refractivity contribution in [1.29, 1.82) is 0 Å². The molecule has 0 bridgehead atoms. The quantitative estimate of drug-likeness (QED) is 0.894. The monoisotopic (exact) mass is 351 g/mol. The molecule has 1 aromatic rings. The molecule has 3 heterocycles. The minimum absolute atomic E-state index is 0.0305. The highest BCUT2D eigenvalue weighted by Gasteiger charge is 2.29. The molecular weight excluding hydrogens is 326 g/mol. The Kier molecular flexibility index (Phi) is 5.08. The summed E-state index contributed by atoms with van der Waals surface area (Å²) in [5.41, 5.74) is 1.40. The molecule has 2 atom stereocenters. The largest absolute Gasteiger partial charge is 0.367 e. The zero-order valence-corrected chi connectivity index (χ0v) is 14.9. The number of carbonyl (C=O) groups excluding carboxylic acids is 1. The average molecular weight is 351 g/mol. The number of pyridine rings is 1. The van der Waals surface area contributed by atoms with Gasteiger partial charge < -0.3 is 10.2 Å². The molecule has 6 nitrogen and oxygen atoms in total. The number of anilines is 1. The van der Waals surface area contributed by atoms with Gasteiger partial charge in [0.25, 0.3) is 5.91 Å². The maximum atomic E-state index is 12.2. The molecule has 2 unspecified atom stereocenters. The van der Waals surface area contributed by atoms with Crippen LogP contribution >= 0.6 is 0 Å². The first-order chi connectivity index (χ1) is 11.5. The fraction of sp³-hybridized carbons (Fsp3) is 0.647. The maximum Gasteiger partial charge on any atom is 0.270 e. The van der Waals surface area contributed by atoms with E-state index in [1.54, 1.807) is 12.3 Å². The van der Waals surface area contributed by atoms with Crippen LogP contribution in [0.15, 0.2) is 18.3 Å². The summed E-state index contributed by atoms with van der Waals surface area (Å²) in [6, 6.07) is 3.93. The molecule has 0 spiro atoms. The molecule has 2 aliphatic heterocycles. The van der Waals surface area contributed by atoms with E-state index in [0.29, 0.717) is 18.2 Å². The number of sulfone groups is 1. The van der Waals surface area contributed by atoms with Gasteiger partial charge in [-0.25, -0.2) is 13.4 Å². The number of amides is 1. The summed E-state index contributed by atoms with van der Waals surface area (Å²) in [6.45, 7) is 3.24. The first kappa shape index (κ1) is 17.2. The number of hydrogen-bond acceptors (Lipinski definition) is 5. The van der Waals surface area contributed by atoms with Crippen LogP contribution in [0.2, 0.25) is 0 Å². The van der Waals surface area contributed by atoms with E-state index in [0.717, 1.165) is 18.7 Å². The number of rotatable bonds is 4. The predicted octanol–water partition coefficient (Wildman–Crippen LogP) is 1.77. The fourth-order valence-corrected chi connectivity index (χ4v) is 5.30. The van der Waals surface area contributed by atoms with Crippen LogP contribution in [0.25, 0.3) is 0 Å². The Balaban J connectivity index is 1.64. The summed E-state index contributed by atoms with van der Waals surface area (Å²) in [5, 5.41) is 2.78. The van der Waals surface area contributed by atoms with E-state index in [4.69, 9.17) is 0 Å². The van der Waals surface area contributed by atoms with Gasteiger partial charge in [-0.1, -0.05) is 6.92 Å². The molecule has 0 aromatic carbocycles.